The molecule has 4 rings (SSSR count). The number of benzene rings is 1. The van der Waals surface area contributed by atoms with Gasteiger partial charge in [0.05, 0.1) is 29.2 Å². The number of likely N-dealkylation sites (tertiary alicyclic amines) is 1. The molecule has 2 amide bonds. The maximum atomic E-state index is 14.2. The third-order valence-electron chi connectivity index (χ3n) is 7.87. The Kier molecular flexibility index (Phi) is 6.59. The lowest BCUT2D eigenvalue weighted by atomic mass is 9.66. The quantitative estimate of drug-likeness (QED) is 0.521. The van der Waals surface area contributed by atoms with Crippen molar-refractivity contribution in [2.24, 2.45) is 11.8 Å². The van der Waals surface area contributed by atoms with E-state index in [1.807, 2.05) is 51.1 Å². The van der Waals surface area contributed by atoms with Gasteiger partial charge in [0.2, 0.25) is 11.8 Å². The zero-order valence-corrected chi connectivity index (χ0v) is 20.8. The zero-order chi connectivity index (χ0) is 24.8. The molecule has 8 heteroatoms. The number of carboxylic acids is 1. The van der Waals surface area contributed by atoms with Crippen LogP contribution in [0.4, 0.5) is 0 Å². The lowest BCUT2D eigenvalue weighted by Crippen LogP contribution is -2.58. The molecule has 1 spiro atoms. The van der Waals surface area contributed by atoms with Crippen molar-refractivity contribution in [1.82, 2.24) is 9.80 Å². The van der Waals surface area contributed by atoms with Gasteiger partial charge in [-0.25, -0.2) is 0 Å². The minimum Gasteiger partial charge on any atom is -0.481 e. The third-order valence-corrected chi connectivity index (χ3v) is 9.85. The number of carbonyl (C=O) groups is 3. The zero-order valence-electron chi connectivity index (χ0n) is 20.0. The molecule has 3 fully saturated rings. The number of aliphatic carboxylic acids is 1. The maximum absolute atomic E-state index is 14.2. The van der Waals surface area contributed by atoms with Crippen molar-refractivity contribution in [3.05, 3.63) is 48.6 Å². The van der Waals surface area contributed by atoms with E-state index in [2.05, 4.69) is 6.58 Å². The molecule has 7 nitrogen and oxygen atoms in total. The number of carboxylic acid groups (broad SMARTS) is 1. The molecule has 1 aromatic carbocycles. The van der Waals surface area contributed by atoms with Crippen molar-refractivity contribution < 1.29 is 24.6 Å². The van der Waals surface area contributed by atoms with Gasteiger partial charge in [-0.3, -0.25) is 14.4 Å². The lowest BCUT2D eigenvalue weighted by molar-refractivity contribution is -0.151. The van der Waals surface area contributed by atoms with Crippen LogP contribution in [0.2, 0.25) is 0 Å². The van der Waals surface area contributed by atoms with E-state index in [9.17, 15) is 24.6 Å². The summed E-state index contributed by atoms with van der Waals surface area (Å²) < 4.78 is -1.41. The Balaban J connectivity index is 1.82. The van der Waals surface area contributed by atoms with Gasteiger partial charge in [-0.05, 0) is 45.6 Å². The number of amides is 2. The van der Waals surface area contributed by atoms with Gasteiger partial charge in [0.15, 0.2) is 0 Å². The van der Waals surface area contributed by atoms with Gasteiger partial charge in [-0.15, -0.1) is 18.3 Å². The largest absolute Gasteiger partial charge is 0.481 e. The van der Waals surface area contributed by atoms with Gasteiger partial charge >= 0.3 is 5.97 Å². The average Bonchev–Trinajstić information content (AvgIpc) is 3.36. The molecule has 1 aromatic rings. The first-order valence-electron chi connectivity index (χ1n) is 11.9. The van der Waals surface area contributed by atoms with Crippen molar-refractivity contribution in [2.45, 2.75) is 67.7 Å². The fourth-order valence-corrected chi connectivity index (χ4v) is 8.73. The van der Waals surface area contributed by atoms with Crippen LogP contribution >= 0.6 is 11.8 Å². The summed E-state index contributed by atoms with van der Waals surface area (Å²) in [6.45, 7) is 9.58. The summed E-state index contributed by atoms with van der Waals surface area (Å²) in [5.74, 6) is -3.15. The molecule has 0 radical (unpaired) electrons. The van der Waals surface area contributed by atoms with E-state index in [1.165, 1.54) is 11.8 Å². The molecule has 6 atom stereocenters. The highest BCUT2D eigenvalue weighted by Gasteiger charge is 2.78. The Morgan fingerprint density at radius 1 is 1.29 bits per heavy atom. The van der Waals surface area contributed by atoms with Crippen LogP contribution in [0.25, 0.3) is 0 Å². The molecular weight excluding hydrogens is 452 g/mol. The molecule has 34 heavy (non-hydrogen) atoms. The summed E-state index contributed by atoms with van der Waals surface area (Å²) in [4.78, 5) is 43.8. The van der Waals surface area contributed by atoms with Crippen LogP contribution in [0.3, 0.4) is 0 Å². The first kappa shape index (κ1) is 24.8. The van der Waals surface area contributed by atoms with Gasteiger partial charge < -0.3 is 20.0 Å². The van der Waals surface area contributed by atoms with Crippen LogP contribution in [0.5, 0.6) is 0 Å². The molecule has 2 unspecified atom stereocenters. The second kappa shape index (κ2) is 9.04. The molecule has 2 bridgehead atoms. The summed E-state index contributed by atoms with van der Waals surface area (Å²) in [6.07, 6.45) is 3.30. The standard InChI is InChI=1S/C26H34N2O5S/c1-5-13-27(16(2)3)23(31)21-26-12-11-25(4,34-26)20(24(32)33)19(26)22(30)28(21)18(15-29)14-17-9-7-6-8-10-17/h5-10,16,18-21,29H,1,11-15H2,2-4H3,(H,32,33)/t18-,19+,20-,21?,25+,26?/m1/s1. The summed E-state index contributed by atoms with van der Waals surface area (Å²) >= 11 is 1.52. The number of hydrogen-bond donors (Lipinski definition) is 2. The predicted molar refractivity (Wildman–Crippen MR) is 131 cm³/mol. The van der Waals surface area contributed by atoms with Crippen LogP contribution in [0.1, 0.15) is 39.2 Å². The fraction of sp³-hybridized carbons (Fsp3) is 0.577. The SMILES string of the molecule is C=CCN(C(=O)C1N([C@@H](CO)Cc2ccccc2)C(=O)[C@@H]2[C@H](C(=O)O)[C@]3(C)CCC12S3)C(C)C. The molecule has 3 aliphatic rings. The van der Waals surface area contributed by atoms with Gasteiger partial charge in [0.1, 0.15) is 6.04 Å². The van der Waals surface area contributed by atoms with Gasteiger partial charge in [0.25, 0.3) is 0 Å². The molecule has 3 aliphatic heterocycles. The van der Waals surface area contributed by atoms with E-state index >= 15 is 0 Å². The smallest absolute Gasteiger partial charge is 0.308 e. The molecule has 0 saturated carbocycles. The highest BCUT2D eigenvalue weighted by atomic mass is 32.2. The molecular formula is C26H34N2O5S. The topological polar surface area (TPSA) is 98.2 Å². The number of aliphatic hydroxyl groups is 1. The van der Waals surface area contributed by atoms with Crippen molar-refractivity contribution in [3.63, 3.8) is 0 Å². The highest BCUT2D eigenvalue weighted by Crippen LogP contribution is 2.71. The van der Waals surface area contributed by atoms with Crippen molar-refractivity contribution in [3.8, 4) is 0 Å². The number of fused-ring (bicyclic) bond motifs is 1. The van der Waals surface area contributed by atoms with Crippen molar-refractivity contribution in [2.75, 3.05) is 13.2 Å². The van der Waals surface area contributed by atoms with Gasteiger partial charge in [-0.1, -0.05) is 36.4 Å². The molecule has 184 valence electrons. The van der Waals surface area contributed by atoms with E-state index in [1.54, 1.807) is 15.9 Å². The molecule has 0 aromatic heterocycles. The number of carbonyl (C=O) groups excluding carboxylic acids is 2. The van der Waals surface area contributed by atoms with Crippen LogP contribution in [-0.4, -0.2) is 78.6 Å². The molecule has 0 aliphatic carbocycles. The Labute approximate surface area is 205 Å². The monoisotopic (exact) mass is 486 g/mol. The number of aliphatic hydroxyl groups excluding tert-OH is 1. The molecule has 2 N–H and O–H groups in total. The van der Waals surface area contributed by atoms with E-state index in [4.69, 9.17) is 0 Å². The fourth-order valence-electron chi connectivity index (χ4n) is 6.40. The minimum absolute atomic E-state index is 0.117. The normalized spacial score (nSPS) is 32.7. The van der Waals surface area contributed by atoms with Crippen molar-refractivity contribution >= 4 is 29.5 Å². The lowest BCUT2D eigenvalue weighted by Gasteiger charge is -2.40. The number of thioether (sulfide) groups is 1. The number of rotatable bonds is 9. The second-order valence-corrected chi connectivity index (χ2v) is 12.1. The summed E-state index contributed by atoms with van der Waals surface area (Å²) in [5.41, 5.74) is 0.945. The third kappa shape index (κ3) is 3.66. The van der Waals surface area contributed by atoms with E-state index in [-0.39, 0.29) is 24.5 Å². The first-order chi connectivity index (χ1) is 16.1. The van der Waals surface area contributed by atoms with Crippen molar-refractivity contribution in [1.29, 1.82) is 0 Å². The minimum atomic E-state index is -0.988. The first-order valence-corrected chi connectivity index (χ1v) is 12.7. The van der Waals surface area contributed by atoms with Crippen LogP contribution in [0.15, 0.2) is 43.0 Å². The van der Waals surface area contributed by atoms with Crippen LogP contribution in [-0.2, 0) is 20.8 Å². The second-order valence-electron chi connectivity index (χ2n) is 10.2. The molecule has 3 saturated heterocycles. The average molecular weight is 487 g/mol. The van der Waals surface area contributed by atoms with Gasteiger partial charge in [-0.2, -0.15) is 0 Å². The Hall–Kier alpha value is -2.32. The van der Waals surface area contributed by atoms with Crippen LogP contribution < -0.4 is 0 Å². The Morgan fingerprint density at radius 3 is 2.53 bits per heavy atom. The Bertz CT molecular complexity index is 985. The Morgan fingerprint density at radius 2 is 1.97 bits per heavy atom. The van der Waals surface area contributed by atoms with E-state index in [0.29, 0.717) is 25.8 Å². The summed E-state index contributed by atoms with van der Waals surface area (Å²) in [5, 5.41) is 20.6. The summed E-state index contributed by atoms with van der Waals surface area (Å²) in [7, 11) is 0. The maximum Gasteiger partial charge on any atom is 0.308 e. The van der Waals surface area contributed by atoms with Crippen LogP contribution in [0, 0.1) is 11.8 Å². The summed E-state index contributed by atoms with van der Waals surface area (Å²) in [6, 6.07) is 7.99. The number of hydrogen-bond acceptors (Lipinski definition) is 5. The highest BCUT2D eigenvalue weighted by molar-refractivity contribution is 8.02. The molecule has 3 heterocycles. The van der Waals surface area contributed by atoms with Gasteiger partial charge in [0, 0.05) is 17.3 Å². The van der Waals surface area contributed by atoms with E-state index < -0.39 is 39.4 Å². The van der Waals surface area contributed by atoms with E-state index in [0.717, 1.165) is 5.56 Å². The number of nitrogens with zero attached hydrogens (tertiary/aromatic N) is 2. The predicted octanol–water partition coefficient (Wildman–Crippen LogP) is 2.58.